The third-order valence-corrected chi connectivity index (χ3v) is 7.35. The lowest BCUT2D eigenvalue weighted by molar-refractivity contribution is -0.138. The van der Waals surface area contributed by atoms with Gasteiger partial charge in [-0.05, 0) is 74.9 Å². The summed E-state index contributed by atoms with van der Waals surface area (Å²) < 4.78 is 6.60. The summed E-state index contributed by atoms with van der Waals surface area (Å²) in [5.74, 6) is 0.420. The lowest BCUT2D eigenvalue weighted by Crippen LogP contribution is -2.43. The van der Waals surface area contributed by atoms with Crippen LogP contribution in [0.25, 0.3) is 5.82 Å². The van der Waals surface area contributed by atoms with Gasteiger partial charge in [0.25, 0.3) is 0 Å². The van der Waals surface area contributed by atoms with Crippen LogP contribution >= 0.6 is 0 Å². The molecule has 2 aromatic heterocycles. The van der Waals surface area contributed by atoms with Gasteiger partial charge in [0, 0.05) is 18.6 Å². The highest BCUT2D eigenvalue weighted by molar-refractivity contribution is 5.94. The molecule has 1 spiro atoms. The number of amides is 1. The van der Waals surface area contributed by atoms with Crippen LogP contribution in [0.3, 0.4) is 0 Å². The molecule has 33 heavy (non-hydrogen) atoms. The second kappa shape index (κ2) is 8.29. The fraction of sp³-hybridized carbons (Fsp3) is 0.591. The summed E-state index contributed by atoms with van der Waals surface area (Å²) in [5, 5.41) is 23.5. The Hall–Kier alpha value is -3.21. The first kappa shape index (κ1) is 21.6. The van der Waals surface area contributed by atoms with Crippen LogP contribution < -0.4 is 5.32 Å². The van der Waals surface area contributed by atoms with Crippen molar-refractivity contribution in [1.29, 1.82) is 0 Å². The summed E-state index contributed by atoms with van der Waals surface area (Å²) in [6, 6.07) is 2.27. The molecule has 1 amide bonds. The van der Waals surface area contributed by atoms with Crippen LogP contribution in [0.4, 0.5) is 0 Å². The lowest BCUT2D eigenvalue weighted by atomic mass is 9.71. The summed E-state index contributed by atoms with van der Waals surface area (Å²) in [6.07, 6.45) is 5.86. The first-order valence-electron chi connectivity index (χ1n) is 11.4. The molecule has 1 N–H and O–H groups in total. The summed E-state index contributed by atoms with van der Waals surface area (Å²) in [7, 11) is 0. The number of tetrazole rings is 1. The minimum atomic E-state index is -0.316. The van der Waals surface area contributed by atoms with Crippen molar-refractivity contribution in [3.05, 3.63) is 34.9 Å². The van der Waals surface area contributed by atoms with E-state index in [1.807, 2.05) is 13.0 Å². The summed E-state index contributed by atoms with van der Waals surface area (Å²) in [5.41, 5.74) is 2.90. The van der Waals surface area contributed by atoms with Gasteiger partial charge in [0.1, 0.15) is 12.9 Å². The van der Waals surface area contributed by atoms with Crippen LogP contribution in [-0.2, 0) is 14.3 Å². The Morgan fingerprint density at radius 3 is 2.61 bits per heavy atom. The third-order valence-electron chi connectivity index (χ3n) is 7.35. The molecular weight excluding hydrogens is 424 g/mol. The standard InChI is InChI=1S/C22H28N8O3/c1-13-10-18(30-12-23-27-28-30)25-26-19(13)15(3)24-16-4-6-22(7-5-16)8-9-29(21(22)32)17-11-33-20(31)14(17)2/h10,12,15-16,24H,4-9,11H2,1-3H3/t15-,16?,22?/m1/s1. The first-order valence-corrected chi connectivity index (χ1v) is 11.4. The van der Waals surface area contributed by atoms with Gasteiger partial charge in [-0.3, -0.25) is 4.79 Å². The second-order valence-corrected chi connectivity index (χ2v) is 9.32. The Kier molecular flexibility index (Phi) is 5.43. The zero-order valence-electron chi connectivity index (χ0n) is 19.1. The van der Waals surface area contributed by atoms with E-state index in [1.165, 1.54) is 11.0 Å². The molecule has 2 aromatic rings. The maximum Gasteiger partial charge on any atom is 0.336 e. The number of aryl methyl sites for hydroxylation is 1. The van der Waals surface area contributed by atoms with E-state index in [4.69, 9.17) is 4.74 Å². The van der Waals surface area contributed by atoms with Crippen molar-refractivity contribution >= 4 is 11.9 Å². The Bertz CT molecular complexity index is 1100. The number of likely N-dealkylation sites (tertiary alicyclic amines) is 1. The molecule has 1 saturated carbocycles. The van der Waals surface area contributed by atoms with Gasteiger partial charge in [0.15, 0.2) is 5.82 Å². The number of aromatic nitrogens is 6. The SMILES string of the molecule is CC1=C(N2CCC3(CCC(N[C@H](C)c4nnc(-n5cnnn5)cc4C)CC3)C2=O)COC1=O. The highest BCUT2D eigenvalue weighted by atomic mass is 16.5. The smallest absolute Gasteiger partial charge is 0.336 e. The summed E-state index contributed by atoms with van der Waals surface area (Å²) >= 11 is 0. The monoisotopic (exact) mass is 452 g/mol. The highest BCUT2D eigenvalue weighted by Crippen LogP contribution is 2.46. The minimum absolute atomic E-state index is 0.0321. The van der Waals surface area contributed by atoms with E-state index in [1.54, 1.807) is 11.8 Å². The van der Waals surface area contributed by atoms with Gasteiger partial charge in [0.05, 0.1) is 22.4 Å². The van der Waals surface area contributed by atoms with Gasteiger partial charge in [-0.1, -0.05) is 0 Å². The predicted molar refractivity (Wildman–Crippen MR) is 116 cm³/mol. The molecule has 0 unspecified atom stereocenters. The van der Waals surface area contributed by atoms with Gasteiger partial charge in [0.2, 0.25) is 5.91 Å². The average molecular weight is 453 g/mol. The van der Waals surface area contributed by atoms with Crippen molar-refractivity contribution in [2.75, 3.05) is 13.2 Å². The number of carbonyl (C=O) groups excluding carboxylic acids is 2. The molecule has 0 aromatic carbocycles. The Morgan fingerprint density at radius 2 is 1.97 bits per heavy atom. The van der Waals surface area contributed by atoms with Crippen molar-refractivity contribution in [3.8, 4) is 5.82 Å². The van der Waals surface area contributed by atoms with Crippen molar-refractivity contribution in [2.45, 2.75) is 65.0 Å². The van der Waals surface area contributed by atoms with E-state index in [9.17, 15) is 9.59 Å². The quantitative estimate of drug-likeness (QED) is 0.670. The van der Waals surface area contributed by atoms with Crippen molar-refractivity contribution in [3.63, 3.8) is 0 Å². The van der Waals surface area contributed by atoms with Crippen molar-refractivity contribution in [1.82, 2.24) is 40.6 Å². The second-order valence-electron chi connectivity index (χ2n) is 9.32. The molecule has 1 aliphatic carbocycles. The lowest BCUT2D eigenvalue weighted by Gasteiger charge is -2.37. The third kappa shape index (κ3) is 3.79. The molecule has 0 radical (unpaired) electrons. The average Bonchev–Trinajstić information content (AvgIpc) is 3.53. The van der Waals surface area contributed by atoms with Gasteiger partial charge in [-0.15, -0.1) is 10.2 Å². The van der Waals surface area contributed by atoms with Gasteiger partial charge >= 0.3 is 5.97 Å². The Balaban J connectivity index is 1.21. The molecule has 2 aliphatic heterocycles. The zero-order chi connectivity index (χ0) is 23.2. The van der Waals surface area contributed by atoms with Gasteiger partial charge in [-0.2, -0.15) is 9.78 Å². The molecule has 1 saturated heterocycles. The number of cyclic esters (lactones) is 1. The molecule has 2 fully saturated rings. The van der Waals surface area contributed by atoms with E-state index in [0.29, 0.717) is 24.0 Å². The minimum Gasteiger partial charge on any atom is -0.456 e. The molecule has 5 rings (SSSR count). The number of hydrogen-bond donors (Lipinski definition) is 1. The topological polar surface area (TPSA) is 128 Å². The molecule has 4 heterocycles. The van der Waals surface area contributed by atoms with E-state index in [0.717, 1.165) is 49.1 Å². The molecule has 3 aliphatic rings. The van der Waals surface area contributed by atoms with E-state index in [-0.39, 0.29) is 29.9 Å². The van der Waals surface area contributed by atoms with Crippen LogP contribution in [0.5, 0.6) is 0 Å². The molecule has 11 nitrogen and oxygen atoms in total. The zero-order valence-corrected chi connectivity index (χ0v) is 19.1. The van der Waals surface area contributed by atoms with Crippen molar-refractivity contribution < 1.29 is 14.3 Å². The van der Waals surface area contributed by atoms with Crippen LogP contribution in [0.2, 0.25) is 0 Å². The summed E-state index contributed by atoms with van der Waals surface area (Å²) in [4.78, 5) is 26.8. The molecule has 174 valence electrons. The van der Waals surface area contributed by atoms with Crippen molar-refractivity contribution in [2.24, 2.45) is 5.41 Å². The number of esters is 1. The van der Waals surface area contributed by atoms with Gasteiger partial charge in [-0.25, -0.2) is 4.79 Å². The molecule has 11 heteroatoms. The molecular formula is C22H28N8O3. The van der Waals surface area contributed by atoms with Gasteiger partial charge < -0.3 is 15.0 Å². The maximum absolute atomic E-state index is 13.3. The molecule has 1 atom stereocenters. The van der Waals surface area contributed by atoms with E-state index >= 15 is 0 Å². The Labute approximate surface area is 191 Å². The largest absolute Gasteiger partial charge is 0.456 e. The summed E-state index contributed by atoms with van der Waals surface area (Å²) in [6.45, 7) is 6.71. The number of rotatable bonds is 5. The van der Waals surface area contributed by atoms with Crippen LogP contribution in [0, 0.1) is 12.3 Å². The van der Waals surface area contributed by atoms with E-state index < -0.39 is 0 Å². The fourth-order valence-corrected chi connectivity index (χ4v) is 5.35. The first-order chi connectivity index (χ1) is 15.9. The highest BCUT2D eigenvalue weighted by Gasteiger charge is 2.50. The molecule has 0 bridgehead atoms. The van der Waals surface area contributed by atoms with Crippen LogP contribution in [-0.4, -0.2) is 66.4 Å². The number of nitrogens with one attached hydrogen (secondary N) is 1. The van der Waals surface area contributed by atoms with Crippen LogP contribution in [0.1, 0.15) is 63.3 Å². The predicted octanol–water partition coefficient (Wildman–Crippen LogP) is 1.40. The maximum atomic E-state index is 13.3. The Morgan fingerprint density at radius 1 is 1.18 bits per heavy atom. The normalized spacial score (nSPS) is 26.4. The number of nitrogens with zero attached hydrogens (tertiary/aromatic N) is 7. The number of ether oxygens (including phenoxy) is 1. The fourth-order valence-electron chi connectivity index (χ4n) is 5.35. The number of hydrogen-bond acceptors (Lipinski definition) is 9. The number of carbonyl (C=O) groups is 2. The van der Waals surface area contributed by atoms with Crippen LogP contribution in [0.15, 0.2) is 23.7 Å². The van der Waals surface area contributed by atoms with E-state index in [2.05, 4.69) is 38.0 Å².